The molecule has 0 fully saturated rings. The Morgan fingerprint density at radius 3 is 2.84 bits per heavy atom. The molecule has 102 valence electrons. The smallest absolute Gasteiger partial charge is 0.138 e. The molecule has 0 saturated carbocycles. The van der Waals surface area contributed by atoms with E-state index in [2.05, 4.69) is 45.1 Å². The van der Waals surface area contributed by atoms with Crippen LogP contribution in [-0.2, 0) is 13.0 Å². The normalized spacial score (nSPS) is 12.6. The highest BCUT2D eigenvalue weighted by Gasteiger charge is 2.16. The van der Waals surface area contributed by atoms with Crippen molar-refractivity contribution in [2.24, 2.45) is 5.73 Å². The summed E-state index contributed by atoms with van der Waals surface area (Å²) in [5, 5.41) is 4.26. The Labute approximate surface area is 122 Å². The van der Waals surface area contributed by atoms with Gasteiger partial charge in [0.05, 0.1) is 0 Å². The number of rotatable bonds is 6. The van der Waals surface area contributed by atoms with E-state index in [4.69, 9.17) is 5.73 Å². The maximum Gasteiger partial charge on any atom is 0.138 e. The van der Waals surface area contributed by atoms with Crippen molar-refractivity contribution >= 4 is 15.9 Å². The van der Waals surface area contributed by atoms with E-state index < -0.39 is 0 Å². The molecule has 1 aromatic heterocycles. The largest absolute Gasteiger partial charge is 0.330 e. The van der Waals surface area contributed by atoms with E-state index in [-0.39, 0.29) is 5.92 Å². The first-order valence-corrected chi connectivity index (χ1v) is 7.36. The van der Waals surface area contributed by atoms with Crippen molar-refractivity contribution in [3.05, 3.63) is 46.5 Å². The van der Waals surface area contributed by atoms with Crippen molar-refractivity contribution in [2.45, 2.75) is 32.2 Å². The minimum absolute atomic E-state index is 0.260. The molecule has 0 radical (unpaired) electrons. The van der Waals surface area contributed by atoms with E-state index in [0.717, 1.165) is 29.7 Å². The van der Waals surface area contributed by atoms with Gasteiger partial charge in [0.25, 0.3) is 0 Å². The van der Waals surface area contributed by atoms with Gasteiger partial charge in [0.15, 0.2) is 0 Å². The molecule has 19 heavy (non-hydrogen) atoms. The Balaban J connectivity index is 2.19. The number of nitrogens with zero attached hydrogens (tertiary/aromatic N) is 3. The third-order valence-electron chi connectivity index (χ3n) is 3.19. The monoisotopic (exact) mass is 322 g/mol. The zero-order valence-corrected chi connectivity index (χ0v) is 12.7. The van der Waals surface area contributed by atoms with Gasteiger partial charge < -0.3 is 5.73 Å². The molecule has 1 heterocycles. The number of hydrogen-bond acceptors (Lipinski definition) is 3. The number of nitrogens with two attached hydrogens (primary N) is 1. The standard InChI is InChI=1S/C14H19BrN4/c1-2-7-19-14(17-10-18-19)8-11(9-16)12-5-3-4-6-13(12)15/h3-6,10-11H,2,7-9,16H2,1H3. The maximum atomic E-state index is 5.94. The molecule has 2 N–H and O–H groups in total. The molecule has 0 aliphatic rings. The SMILES string of the molecule is CCCn1ncnc1CC(CN)c1ccccc1Br. The number of halogens is 1. The van der Waals surface area contributed by atoms with E-state index in [9.17, 15) is 0 Å². The van der Waals surface area contributed by atoms with Crippen molar-refractivity contribution < 1.29 is 0 Å². The van der Waals surface area contributed by atoms with Gasteiger partial charge in [0.2, 0.25) is 0 Å². The summed E-state index contributed by atoms with van der Waals surface area (Å²) in [6.45, 7) is 3.64. The molecule has 2 aromatic rings. The van der Waals surface area contributed by atoms with E-state index in [1.54, 1.807) is 6.33 Å². The Kier molecular flexibility index (Phi) is 5.10. The van der Waals surface area contributed by atoms with Crippen molar-refractivity contribution in [1.82, 2.24) is 14.8 Å². The van der Waals surface area contributed by atoms with Crippen LogP contribution in [0, 0.1) is 0 Å². The Hall–Kier alpha value is -1.20. The third-order valence-corrected chi connectivity index (χ3v) is 3.91. The van der Waals surface area contributed by atoms with Crippen molar-refractivity contribution in [3.63, 3.8) is 0 Å². The Morgan fingerprint density at radius 1 is 1.37 bits per heavy atom. The zero-order chi connectivity index (χ0) is 13.7. The van der Waals surface area contributed by atoms with Crippen LogP contribution in [0.5, 0.6) is 0 Å². The Bertz CT molecular complexity index is 524. The van der Waals surface area contributed by atoms with Crippen LogP contribution in [0.3, 0.4) is 0 Å². The van der Waals surface area contributed by atoms with E-state index in [0.29, 0.717) is 6.54 Å². The summed E-state index contributed by atoms with van der Waals surface area (Å²) in [4.78, 5) is 4.36. The molecule has 2 rings (SSSR count). The van der Waals surface area contributed by atoms with Crippen LogP contribution in [0.25, 0.3) is 0 Å². The second-order valence-corrected chi connectivity index (χ2v) is 5.41. The zero-order valence-electron chi connectivity index (χ0n) is 11.1. The highest BCUT2D eigenvalue weighted by Crippen LogP contribution is 2.26. The first kappa shape index (κ1) is 14.2. The molecule has 4 nitrogen and oxygen atoms in total. The summed E-state index contributed by atoms with van der Waals surface area (Å²) in [5.74, 6) is 1.27. The molecular formula is C14H19BrN4. The summed E-state index contributed by atoms with van der Waals surface area (Å²) in [7, 11) is 0. The molecule has 1 atom stereocenters. The summed E-state index contributed by atoms with van der Waals surface area (Å²) in [6.07, 6.45) is 3.50. The number of hydrogen-bond donors (Lipinski definition) is 1. The second kappa shape index (κ2) is 6.82. The fraction of sp³-hybridized carbons (Fsp3) is 0.429. The minimum Gasteiger partial charge on any atom is -0.330 e. The van der Waals surface area contributed by atoms with E-state index >= 15 is 0 Å². The van der Waals surface area contributed by atoms with E-state index in [1.807, 2.05) is 16.8 Å². The number of aryl methyl sites for hydroxylation is 1. The van der Waals surface area contributed by atoms with Gasteiger partial charge in [-0.2, -0.15) is 5.10 Å². The van der Waals surface area contributed by atoms with Crippen molar-refractivity contribution in [3.8, 4) is 0 Å². The summed E-state index contributed by atoms with van der Waals surface area (Å²) < 4.78 is 3.08. The molecular weight excluding hydrogens is 304 g/mol. The Morgan fingerprint density at radius 2 is 2.16 bits per heavy atom. The lowest BCUT2D eigenvalue weighted by molar-refractivity contribution is 0.545. The quantitative estimate of drug-likeness (QED) is 0.889. The first-order valence-electron chi connectivity index (χ1n) is 6.57. The molecule has 0 bridgehead atoms. The van der Waals surface area contributed by atoms with Crippen LogP contribution < -0.4 is 5.73 Å². The topological polar surface area (TPSA) is 56.7 Å². The molecule has 0 aliphatic carbocycles. The average molecular weight is 323 g/mol. The van der Waals surface area contributed by atoms with E-state index in [1.165, 1.54) is 5.56 Å². The van der Waals surface area contributed by atoms with Gasteiger partial charge in [-0.05, 0) is 24.6 Å². The van der Waals surface area contributed by atoms with Crippen molar-refractivity contribution in [2.75, 3.05) is 6.54 Å². The van der Waals surface area contributed by atoms with Gasteiger partial charge in [0, 0.05) is 23.4 Å². The molecule has 0 spiro atoms. The number of benzene rings is 1. The minimum atomic E-state index is 0.260. The molecule has 5 heteroatoms. The van der Waals surface area contributed by atoms with Gasteiger partial charge in [-0.1, -0.05) is 41.1 Å². The highest BCUT2D eigenvalue weighted by atomic mass is 79.9. The third kappa shape index (κ3) is 3.42. The number of aromatic nitrogens is 3. The lowest BCUT2D eigenvalue weighted by Gasteiger charge is -2.16. The molecule has 1 unspecified atom stereocenters. The summed E-state index contributed by atoms with van der Waals surface area (Å²) >= 11 is 3.59. The van der Waals surface area contributed by atoms with Gasteiger partial charge >= 0.3 is 0 Å². The van der Waals surface area contributed by atoms with Crippen LogP contribution >= 0.6 is 15.9 Å². The predicted octanol–water partition coefficient (Wildman–Crippen LogP) is 2.74. The highest BCUT2D eigenvalue weighted by molar-refractivity contribution is 9.10. The fourth-order valence-electron chi connectivity index (χ4n) is 2.19. The van der Waals surface area contributed by atoms with Gasteiger partial charge in [0.1, 0.15) is 12.2 Å². The second-order valence-electron chi connectivity index (χ2n) is 4.56. The summed E-state index contributed by atoms with van der Waals surface area (Å²) in [5.41, 5.74) is 7.17. The van der Waals surface area contributed by atoms with Crippen LogP contribution in [0.4, 0.5) is 0 Å². The molecule has 1 aromatic carbocycles. The van der Waals surface area contributed by atoms with Gasteiger partial charge in [-0.25, -0.2) is 4.98 Å². The lowest BCUT2D eigenvalue weighted by atomic mass is 9.95. The fourth-order valence-corrected chi connectivity index (χ4v) is 2.80. The predicted molar refractivity (Wildman–Crippen MR) is 80.0 cm³/mol. The first-order chi connectivity index (χ1) is 9.26. The van der Waals surface area contributed by atoms with Crippen LogP contribution in [0.1, 0.15) is 30.7 Å². The molecule has 0 amide bonds. The van der Waals surface area contributed by atoms with Crippen molar-refractivity contribution in [1.29, 1.82) is 0 Å². The van der Waals surface area contributed by atoms with Gasteiger partial charge in [-0.15, -0.1) is 0 Å². The van der Waals surface area contributed by atoms with Crippen LogP contribution in [-0.4, -0.2) is 21.3 Å². The average Bonchev–Trinajstić information content (AvgIpc) is 2.85. The maximum absolute atomic E-state index is 5.94. The molecule has 0 aliphatic heterocycles. The van der Waals surface area contributed by atoms with Crippen LogP contribution in [0.15, 0.2) is 35.1 Å². The lowest BCUT2D eigenvalue weighted by Crippen LogP contribution is -2.18. The van der Waals surface area contributed by atoms with Gasteiger partial charge in [-0.3, -0.25) is 4.68 Å². The molecule has 0 saturated heterocycles. The summed E-state index contributed by atoms with van der Waals surface area (Å²) in [6, 6.07) is 8.22. The van der Waals surface area contributed by atoms with Crippen LogP contribution in [0.2, 0.25) is 0 Å².